The molecule has 0 aromatic heterocycles. The van der Waals surface area contributed by atoms with Crippen molar-refractivity contribution in [3.05, 3.63) is 34.9 Å². The number of hydrogen-bond acceptors (Lipinski definition) is 2. The Hall–Kier alpha value is -1.06. The van der Waals surface area contributed by atoms with Gasteiger partial charge in [0.15, 0.2) is 0 Å². The second kappa shape index (κ2) is 4.80. The van der Waals surface area contributed by atoms with E-state index < -0.39 is 5.97 Å². The highest BCUT2D eigenvalue weighted by atomic mass is 35.5. The number of carboxylic acid groups (broad SMARTS) is 1. The van der Waals surface area contributed by atoms with E-state index in [9.17, 15) is 9.90 Å². The van der Waals surface area contributed by atoms with E-state index in [1.807, 2.05) is 24.3 Å². The van der Waals surface area contributed by atoms with Crippen molar-refractivity contribution in [2.45, 2.75) is 37.3 Å². The van der Waals surface area contributed by atoms with Gasteiger partial charge in [0.05, 0.1) is 5.92 Å². The van der Waals surface area contributed by atoms with Gasteiger partial charge in [-0.25, -0.2) is 0 Å². The Balaban J connectivity index is 1.95. The summed E-state index contributed by atoms with van der Waals surface area (Å²) in [6, 6.07) is 8.38. The van der Waals surface area contributed by atoms with Crippen LogP contribution >= 0.6 is 11.6 Å². The molecule has 0 saturated carbocycles. The standard InChI is InChI=1S/C15H18ClNO2/c1-17-11-6-7-13(17)14(15(18)19)12(8-11)9-2-4-10(16)5-3-9/h2-5,11-14H,6-8H2,1H3,(H,18,19)/t11-,12-,13?,14+/m1/s1. The van der Waals surface area contributed by atoms with Crippen LogP contribution in [-0.4, -0.2) is 35.1 Å². The van der Waals surface area contributed by atoms with Gasteiger partial charge in [0.1, 0.15) is 0 Å². The Bertz CT molecular complexity index is 487. The van der Waals surface area contributed by atoms with E-state index in [4.69, 9.17) is 11.6 Å². The topological polar surface area (TPSA) is 40.5 Å². The van der Waals surface area contributed by atoms with Crippen LogP contribution in [0.3, 0.4) is 0 Å². The number of carbonyl (C=O) groups is 1. The Labute approximate surface area is 118 Å². The lowest BCUT2D eigenvalue weighted by Gasteiger charge is -2.41. The maximum absolute atomic E-state index is 11.7. The van der Waals surface area contributed by atoms with E-state index in [-0.39, 0.29) is 17.9 Å². The van der Waals surface area contributed by atoms with Crippen molar-refractivity contribution in [2.75, 3.05) is 7.05 Å². The highest BCUT2D eigenvalue weighted by Gasteiger charge is 2.49. The van der Waals surface area contributed by atoms with Crippen molar-refractivity contribution in [1.29, 1.82) is 0 Å². The molecule has 0 radical (unpaired) electrons. The van der Waals surface area contributed by atoms with Gasteiger partial charge in [0.2, 0.25) is 0 Å². The van der Waals surface area contributed by atoms with Crippen LogP contribution in [0.2, 0.25) is 5.02 Å². The number of rotatable bonds is 2. The molecule has 2 bridgehead atoms. The minimum absolute atomic E-state index is 0.114. The van der Waals surface area contributed by atoms with Crippen LogP contribution in [0.25, 0.3) is 0 Å². The van der Waals surface area contributed by atoms with E-state index in [0.29, 0.717) is 11.1 Å². The number of hydrogen-bond donors (Lipinski definition) is 1. The zero-order valence-corrected chi connectivity index (χ0v) is 11.7. The number of piperidine rings is 1. The van der Waals surface area contributed by atoms with Gasteiger partial charge in [-0.15, -0.1) is 0 Å². The van der Waals surface area contributed by atoms with Gasteiger partial charge in [-0.1, -0.05) is 23.7 Å². The number of halogens is 1. The summed E-state index contributed by atoms with van der Waals surface area (Å²) >= 11 is 5.92. The van der Waals surface area contributed by atoms with Crippen LogP contribution in [-0.2, 0) is 4.79 Å². The number of carboxylic acids is 1. The van der Waals surface area contributed by atoms with Gasteiger partial charge >= 0.3 is 5.97 Å². The maximum Gasteiger partial charge on any atom is 0.308 e. The highest BCUT2D eigenvalue weighted by Crippen LogP contribution is 2.46. The fourth-order valence-electron chi connectivity index (χ4n) is 3.86. The van der Waals surface area contributed by atoms with Crippen LogP contribution < -0.4 is 0 Å². The van der Waals surface area contributed by atoms with Gasteiger partial charge in [0, 0.05) is 23.0 Å². The molecule has 0 amide bonds. The molecule has 0 spiro atoms. The van der Waals surface area contributed by atoms with Gasteiger partial charge in [-0.05, 0) is 44.0 Å². The summed E-state index contributed by atoms with van der Waals surface area (Å²) in [6.45, 7) is 0. The molecule has 1 aromatic rings. The molecule has 102 valence electrons. The summed E-state index contributed by atoms with van der Waals surface area (Å²) in [6.07, 6.45) is 3.06. The molecule has 1 aromatic carbocycles. The van der Waals surface area contributed by atoms with Gasteiger partial charge in [-0.3, -0.25) is 9.69 Å². The number of benzene rings is 1. The largest absolute Gasteiger partial charge is 0.481 e. The SMILES string of the molecule is CN1C2CC[C@@H]1C[C@H](c1ccc(Cl)cc1)[C@@H]2C(=O)O. The van der Waals surface area contributed by atoms with Crippen molar-refractivity contribution >= 4 is 17.6 Å². The average molecular weight is 280 g/mol. The van der Waals surface area contributed by atoms with Gasteiger partial charge in [-0.2, -0.15) is 0 Å². The first-order valence-corrected chi connectivity index (χ1v) is 7.16. The Kier molecular flexibility index (Phi) is 3.27. The molecular weight excluding hydrogens is 262 g/mol. The van der Waals surface area contributed by atoms with E-state index in [1.165, 1.54) is 0 Å². The maximum atomic E-state index is 11.7. The zero-order valence-electron chi connectivity index (χ0n) is 10.9. The van der Waals surface area contributed by atoms with Crippen molar-refractivity contribution in [2.24, 2.45) is 5.92 Å². The van der Waals surface area contributed by atoms with Gasteiger partial charge in [0.25, 0.3) is 0 Å². The second-order valence-electron chi connectivity index (χ2n) is 5.72. The third-order valence-corrected chi connectivity index (χ3v) is 5.10. The lowest BCUT2D eigenvalue weighted by Crippen LogP contribution is -2.48. The number of nitrogens with zero attached hydrogens (tertiary/aromatic N) is 1. The lowest BCUT2D eigenvalue weighted by atomic mass is 9.76. The molecule has 2 fully saturated rings. The summed E-state index contributed by atoms with van der Waals surface area (Å²) in [7, 11) is 2.07. The van der Waals surface area contributed by atoms with Crippen LogP contribution in [0.15, 0.2) is 24.3 Å². The van der Waals surface area contributed by atoms with E-state index in [1.54, 1.807) is 0 Å². The Morgan fingerprint density at radius 2 is 2.00 bits per heavy atom. The van der Waals surface area contributed by atoms with Crippen molar-refractivity contribution in [1.82, 2.24) is 4.90 Å². The van der Waals surface area contributed by atoms with Crippen LogP contribution in [0.4, 0.5) is 0 Å². The van der Waals surface area contributed by atoms with E-state index >= 15 is 0 Å². The molecule has 2 heterocycles. The second-order valence-corrected chi connectivity index (χ2v) is 6.16. The lowest BCUT2D eigenvalue weighted by molar-refractivity contribution is -0.146. The predicted molar refractivity (Wildman–Crippen MR) is 74.5 cm³/mol. The average Bonchev–Trinajstić information content (AvgIpc) is 2.63. The quantitative estimate of drug-likeness (QED) is 0.905. The van der Waals surface area contributed by atoms with Crippen LogP contribution in [0.5, 0.6) is 0 Å². The zero-order chi connectivity index (χ0) is 13.6. The summed E-state index contributed by atoms with van der Waals surface area (Å²) < 4.78 is 0. The monoisotopic (exact) mass is 279 g/mol. The van der Waals surface area contributed by atoms with Crippen molar-refractivity contribution in [3.8, 4) is 0 Å². The van der Waals surface area contributed by atoms with Gasteiger partial charge < -0.3 is 5.11 Å². The predicted octanol–water partition coefficient (Wildman–Crippen LogP) is 2.99. The summed E-state index contributed by atoms with van der Waals surface area (Å²) in [4.78, 5) is 14.0. The van der Waals surface area contributed by atoms with Crippen LogP contribution in [0, 0.1) is 5.92 Å². The van der Waals surface area contributed by atoms with Crippen LogP contribution in [0.1, 0.15) is 30.7 Å². The van der Waals surface area contributed by atoms with E-state index in [0.717, 1.165) is 24.8 Å². The minimum Gasteiger partial charge on any atom is -0.481 e. The molecule has 2 saturated heterocycles. The highest BCUT2D eigenvalue weighted by molar-refractivity contribution is 6.30. The Morgan fingerprint density at radius 3 is 2.63 bits per heavy atom. The first-order chi connectivity index (χ1) is 9.08. The third kappa shape index (κ3) is 2.15. The fourth-order valence-corrected chi connectivity index (χ4v) is 3.98. The van der Waals surface area contributed by atoms with E-state index in [2.05, 4.69) is 11.9 Å². The molecular formula is C15H18ClNO2. The number of aliphatic carboxylic acids is 1. The molecule has 3 rings (SSSR count). The smallest absolute Gasteiger partial charge is 0.308 e. The molecule has 1 unspecified atom stereocenters. The fraction of sp³-hybridized carbons (Fsp3) is 0.533. The van der Waals surface area contributed by atoms with Crippen molar-refractivity contribution in [3.63, 3.8) is 0 Å². The molecule has 19 heavy (non-hydrogen) atoms. The number of fused-ring (bicyclic) bond motifs is 2. The Morgan fingerprint density at radius 1 is 1.32 bits per heavy atom. The molecule has 1 N–H and O–H groups in total. The first kappa shape index (κ1) is 12.9. The molecule has 0 aliphatic carbocycles. The summed E-state index contributed by atoms with van der Waals surface area (Å²) in [5.41, 5.74) is 1.11. The molecule has 2 aliphatic rings. The molecule has 2 aliphatic heterocycles. The molecule has 4 heteroatoms. The summed E-state index contributed by atoms with van der Waals surface area (Å²) in [5.74, 6) is -0.856. The normalized spacial score (nSPS) is 34.4. The first-order valence-electron chi connectivity index (χ1n) is 6.78. The third-order valence-electron chi connectivity index (χ3n) is 4.85. The summed E-state index contributed by atoms with van der Waals surface area (Å²) in [5, 5.41) is 10.3. The van der Waals surface area contributed by atoms with Crippen molar-refractivity contribution < 1.29 is 9.90 Å². The molecule has 3 nitrogen and oxygen atoms in total. The molecule has 4 atom stereocenters. The minimum atomic E-state index is -0.669.